The van der Waals surface area contributed by atoms with Gasteiger partial charge in [-0.3, -0.25) is 14.5 Å². The minimum atomic E-state index is -0.604. The number of aryl methyl sites for hydroxylation is 2. The van der Waals surface area contributed by atoms with Crippen molar-refractivity contribution in [1.29, 1.82) is 0 Å². The van der Waals surface area contributed by atoms with Crippen LogP contribution in [-0.4, -0.2) is 48.4 Å². The van der Waals surface area contributed by atoms with E-state index in [4.69, 9.17) is 9.47 Å². The molecule has 1 aromatic heterocycles. The molecule has 1 aromatic carbocycles. The molecule has 1 aliphatic heterocycles. The van der Waals surface area contributed by atoms with Crippen LogP contribution in [0.4, 0.5) is 5.82 Å². The SMILES string of the molecule is COc1ccc(CCNC(=O)[C@@H](C)N2C(=O)CCn3nc(C)cc32)cc1OC. The summed E-state index contributed by atoms with van der Waals surface area (Å²) in [6.07, 6.45) is 0.987. The van der Waals surface area contributed by atoms with Gasteiger partial charge in [0.05, 0.1) is 26.5 Å². The van der Waals surface area contributed by atoms with Crippen molar-refractivity contribution in [3.8, 4) is 11.5 Å². The van der Waals surface area contributed by atoms with Crippen LogP contribution in [0.1, 0.15) is 24.6 Å². The molecule has 150 valence electrons. The lowest BCUT2D eigenvalue weighted by atomic mass is 10.1. The predicted molar refractivity (Wildman–Crippen MR) is 105 cm³/mol. The van der Waals surface area contributed by atoms with Crippen molar-refractivity contribution >= 4 is 17.6 Å². The molecule has 2 amide bonds. The molecule has 1 atom stereocenters. The number of nitrogens with zero attached hydrogens (tertiary/aromatic N) is 3. The molecule has 3 rings (SSSR count). The van der Waals surface area contributed by atoms with Crippen molar-refractivity contribution in [3.63, 3.8) is 0 Å². The van der Waals surface area contributed by atoms with Gasteiger partial charge < -0.3 is 14.8 Å². The smallest absolute Gasteiger partial charge is 0.242 e. The second kappa shape index (κ2) is 8.33. The Labute approximate surface area is 164 Å². The maximum absolute atomic E-state index is 12.6. The summed E-state index contributed by atoms with van der Waals surface area (Å²) in [5.74, 6) is 1.74. The second-order valence-electron chi connectivity index (χ2n) is 6.79. The van der Waals surface area contributed by atoms with Crippen molar-refractivity contribution in [2.24, 2.45) is 0 Å². The number of anilines is 1. The van der Waals surface area contributed by atoms with Gasteiger partial charge in [0.25, 0.3) is 0 Å². The number of hydrogen-bond donors (Lipinski definition) is 1. The highest BCUT2D eigenvalue weighted by Crippen LogP contribution is 2.28. The molecule has 2 aromatic rings. The Morgan fingerprint density at radius 1 is 1.25 bits per heavy atom. The number of methoxy groups -OCH3 is 2. The summed E-state index contributed by atoms with van der Waals surface area (Å²) in [7, 11) is 3.18. The summed E-state index contributed by atoms with van der Waals surface area (Å²) < 4.78 is 12.3. The Balaban J connectivity index is 1.61. The molecule has 8 nitrogen and oxygen atoms in total. The van der Waals surface area contributed by atoms with Crippen molar-refractivity contribution in [2.45, 2.75) is 39.3 Å². The molecule has 1 aliphatic rings. The molecular weight excluding hydrogens is 360 g/mol. The number of benzene rings is 1. The number of nitrogens with one attached hydrogen (secondary N) is 1. The average molecular weight is 386 g/mol. The van der Waals surface area contributed by atoms with Gasteiger partial charge in [-0.25, -0.2) is 4.68 Å². The van der Waals surface area contributed by atoms with E-state index >= 15 is 0 Å². The van der Waals surface area contributed by atoms with E-state index < -0.39 is 6.04 Å². The fourth-order valence-corrected chi connectivity index (χ4v) is 3.39. The Kier molecular flexibility index (Phi) is 5.87. The standard InChI is InChI=1S/C20H26N4O4/c1-13-11-18-23(22-13)10-8-19(25)24(18)14(2)20(26)21-9-7-15-5-6-16(27-3)17(12-15)28-4/h5-6,11-12,14H,7-10H2,1-4H3,(H,21,26)/t14-/m1/s1. The van der Waals surface area contributed by atoms with E-state index in [9.17, 15) is 9.59 Å². The third-order valence-electron chi connectivity index (χ3n) is 4.86. The Bertz CT molecular complexity index is 877. The van der Waals surface area contributed by atoms with E-state index in [-0.39, 0.29) is 11.8 Å². The summed E-state index contributed by atoms with van der Waals surface area (Å²) in [6, 6.07) is 6.91. The summed E-state index contributed by atoms with van der Waals surface area (Å²) in [6.45, 7) is 4.62. The predicted octanol–water partition coefficient (Wildman–Crippen LogP) is 1.69. The number of carbonyl (C=O) groups is 2. The van der Waals surface area contributed by atoms with Gasteiger partial charge in [0.1, 0.15) is 11.9 Å². The number of fused-ring (bicyclic) bond motifs is 1. The Morgan fingerprint density at radius 2 is 2.00 bits per heavy atom. The highest BCUT2D eigenvalue weighted by atomic mass is 16.5. The third-order valence-corrected chi connectivity index (χ3v) is 4.86. The van der Waals surface area contributed by atoms with Gasteiger partial charge >= 0.3 is 0 Å². The molecule has 0 bridgehead atoms. The van der Waals surface area contributed by atoms with Crippen LogP contribution in [0, 0.1) is 6.92 Å². The summed E-state index contributed by atoms with van der Waals surface area (Å²) in [4.78, 5) is 26.6. The topological polar surface area (TPSA) is 85.7 Å². The molecular formula is C20H26N4O4. The van der Waals surface area contributed by atoms with E-state index in [1.54, 1.807) is 25.8 Å². The van der Waals surface area contributed by atoms with E-state index in [2.05, 4.69) is 10.4 Å². The van der Waals surface area contributed by atoms with Gasteiger partial charge in [-0.1, -0.05) is 6.07 Å². The first kappa shape index (κ1) is 19.7. The molecule has 2 heterocycles. The van der Waals surface area contributed by atoms with Gasteiger partial charge in [-0.05, 0) is 38.0 Å². The number of aromatic nitrogens is 2. The van der Waals surface area contributed by atoms with Crippen LogP contribution in [0.2, 0.25) is 0 Å². The Morgan fingerprint density at radius 3 is 2.71 bits per heavy atom. The van der Waals surface area contributed by atoms with Crippen LogP contribution in [0.25, 0.3) is 0 Å². The highest BCUT2D eigenvalue weighted by Gasteiger charge is 2.32. The fourth-order valence-electron chi connectivity index (χ4n) is 3.39. The number of carbonyl (C=O) groups excluding carboxylic acids is 2. The van der Waals surface area contributed by atoms with Gasteiger partial charge in [0.2, 0.25) is 11.8 Å². The first-order valence-electron chi connectivity index (χ1n) is 9.29. The quantitative estimate of drug-likeness (QED) is 0.783. The molecule has 0 radical (unpaired) electrons. The van der Waals surface area contributed by atoms with Crippen LogP contribution in [0.3, 0.4) is 0 Å². The summed E-state index contributed by atoms with van der Waals surface area (Å²) in [5.41, 5.74) is 1.85. The van der Waals surface area contributed by atoms with E-state index in [0.717, 1.165) is 11.3 Å². The molecule has 0 spiro atoms. The number of hydrogen-bond acceptors (Lipinski definition) is 5. The Hall–Kier alpha value is -3.03. The average Bonchev–Trinajstić information content (AvgIpc) is 3.07. The maximum atomic E-state index is 12.6. The molecule has 28 heavy (non-hydrogen) atoms. The third kappa shape index (κ3) is 3.95. The van der Waals surface area contributed by atoms with Crippen LogP contribution < -0.4 is 19.7 Å². The van der Waals surface area contributed by atoms with Gasteiger partial charge in [-0.15, -0.1) is 0 Å². The first-order chi connectivity index (χ1) is 13.4. The minimum absolute atomic E-state index is 0.0602. The van der Waals surface area contributed by atoms with Crippen molar-refractivity contribution < 1.29 is 19.1 Å². The number of ether oxygens (including phenoxy) is 2. The van der Waals surface area contributed by atoms with Gasteiger partial charge in [0, 0.05) is 19.0 Å². The van der Waals surface area contributed by atoms with Crippen molar-refractivity contribution in [3.05, 3.63) is 35.5 Å². The van der Waals surface area contributed by atoms with Crippen molar-refractivity contribution in [1.82, 2.24) is 15.1 Å². The summed E-state index contributed by atoms with van der Waals surface area (Å²) >= 11 is 0. The number of amides is 2. The van der Waals surface area contributed by atoms with Gasteiger partial charge in [0.15, 0.2) is 11.5 Å². The normalized spacial score (nSPS) is 14.4. The lowest BCUT2D eigenvalue weighted by Crippen LogP contribution is -2.51. The molecule has 0 aliphatic carbocycles. The zero-order valence-electron chi connectivity index (χ0n) is 16.7. The molecule has 0 saturated heterocycles. The van der Waals surface area contributed by atoms with Crippen LogP contribution in [-0.2, 0) is 22.6 Å². The van der Waals surface area contributed by atoms with E-state index in [0.29, 0.717) is 43.2 Å². The zero-order chi connectivity index (χ0) is 20.3. The van der Waals surface area contributed by atoms with Crippen molar-refractivity contribution in [2.75, 3.05) is 25.7 Å². The lowest BCUT2D eigenvalue weighted by molar-refractivity contribution is -0.126. The van der Waals surface area contributed by atoms with Gasteiger partial charge in [-0.2, -0.15) is 5.10 Å². The van der Waals surface area contributed by atoms with Crippen LogP contribution in [0.5, 0.6) is 11.5 Å². The van der Waals surface area contributed by atoms with E-state index in [1.807, 2.05) is 31.2 Å². The lowest BCUT2D eigenvalue weighted by Gasteiger charge is -2.31. The number of rotatable bonds is 7. The second-order valence-corrected chi connectivity index (χ2v) is 6.79. The first-order valence-corrected chi connectivity index (χ1v) is 9.29. The monoisotopic (exact) mass is 386 g/mol. The largest absolute Gasteiger partial charge is 0.493 e. The van der Waals surface area contributed by atoms with Crippen LogP contribution >= 0.6 is 0 Å². The zero-order valence-corrected chi connectivity index (χ0v) is 16.7. The molecule has 0 unspecified atom stereocenters. The molecule has 0 saturated carbocycles. The van der Waals surface area contributed by atoms with Crippen LogP contribution in [0.15, 0.2) is 24.3 Å². The maximum Gasteiger partial charge on any atom is 0.242 e. The minimum Gasteiger partial charge on any atom is -0.493 e. The van der Waals surface area contributed by atoms with E-state index in [1.165, 1.54) is 4.90 Å². The summed E-state index contributed by atoms with van der Waals surface area (Å²) in [5, 5.41) is 7.30. The fraction of sp³-hybridized carbons (Fsp3) is 0.450. The molecule has 0 fully saturated rings. The molecule has 1 N–H and O–H groups in total. The highest BCUT2D eigenvalue weighted by molar-refractivity contribution is 6.00. The molecule has 8 heteroatoms.